The highest BCUT2D eigenvalue weighted by Crippen LogP contribution is 2.16. The lowest BCUT2D eigenvalue weighted by molar-refractivity contribution is 0.161. The molecule has 0 bridgehead atoms. The summed E-state index contributed by atoms with van der Waals surface area (Å²) in [5, 5.41) is 3.74. The fourth-order valence-electron chi connectivity index (χ4n) is 2.99. The van der Waals surface area contributed by atoms with Crippen LogP contribution in [0.3, 0.4) is 0 Å². The molecular weight excluding hydrogens is 234 g/mol. The molecule has 1 saturated heterocycles. The first-order chi connectivity index (χ1) is 8.99. The Hall–Kier alpha value is -0.800. The largest absolute Gasteiger partial charge is 0.352 e. The average Bonchev–Trinajstić information content (AvgIpc) is 2.64. The number of nitrogens with one attached hydrogen (secondary N) is 1. The molecule has 0 radical (unpaired) electrons. The quantitative estimate of drug-likeness (QED) is 0.901. The zero-order chi connectivity index (χ0) is 14.0. The third-order valence-electron chi connectivity index (χ3n) is 4.72. The summed E-state index contributed by atoms with van der Waals surface area (Å²) in [6.45, 7) is 12.5. The van der Waals surface area contributed by atoms with Crippen molar-refractivity contribution in [1.82, 2.24) is 14.8 Å². The summed E-state index contributed by atoms with van der Waals surface area (Å²) in [6.07, 6.45) is 2.56. The molecule has 1 aromatic rings. The average molecular weight is 263 g/mol. The predicted octanol–water partition coefficient (Wildman–Crippen LogP) is 2.60. The van der Waals surface area contributed by atoms with Crippen LogP contribution in [0.15, 0.2) is 6.07 Å². The van der Waals surface area contributed by atoms with Crippen LogP contribution >= 0.6 is 0 Å². The normalized spacial score (nSPS) is 18.4. The van der Waals surface area contributed by atoms with Crippen LogP contribution in [0.1, 0.15) is 43.6 Å². The van der Waals surface area contributed by atoms with Crippen molar-refractivity contribution in [2.45, 2.75) is 59.2 Å². The number of hydrogen-bond donors (Lipinski definition) is 1. The standard InChI is InChI=1S/C16H29N3/c1-12(2)19-8-6-16(7-9-19)17-11-15-10-13(3)18(5)14(15)4/h10,12,16-17H,6-9,11H2,1-5H3. The molecule has 1 aliphatic rings. The fraction of sp³-hybridized carbons (Fsp3) is 0.750. The molecule has 0 saturated carbocycles. The molecule has 0 atom stereocenters. The summed E-state index contributed by atoms with van der Waals surface area (Å²) in [5.41, 5.74) is 4.19. The van der Waals surface area contributed by atoms with E-state index >= 15 is 0 Å². The molecule has 1 fully saturated rings. The molecule has 0 aromatic carbocycles. The van der Waals surface area contributed by atoms with Gasteiger partial charge in [0.05, 0.1) is 0 Å². The van der Waals surface area contributed by atoms with Crippen LogP contribution in [0, 0.1) is 13.8 Å². The van der Waals surface area contributed by atoms with Crippen LogP contribution in [0.5, 0.6) is 0 Å². The van der Waals surface area contributed by atoms with Gasteiger partial charge in [0.25, 0.3) is 0 Å². The second kappa shape index (κ2) is 6.10. The van der Waals surface area contributed by atoms with E-state index in [1.165, 1.54) is 42.9 Å². The Morgan fingerprint density at radius 3 is 2.37 bits per heavy atom. The molecule has 2 heterocycles. The maximum absolute atomic E-state index is 3.74. The Morgan fingerprint density at radius 1 is 1.26 bits per heavy atom. The topological polar surface area (TPSA) is 20.2 Å². The van der Waals surface area contributed by atoms with Crippen LogP contribution in [0.4, 0.5) is 0 Å². The van der Waals surface area contributed by atoms with E-state index in [1.807, 2.05) is 0 Å². The summed E-state index contributed by atoms with van der Waals surface area (Å²) >= 11 is 0. The summed E-state index contributed by atoms with van der Waals surface area (Å²) in [6, 6.07) is 3.70. The van der Waals surface area contributed by atoms with Crippen LogP contribution in [0.25, 0.3) is 0 Å². The number of aromatic nitrogens is 1. The molecule has 0 amide bonds. The van der Waals surface area contributed by atoms with Gasteiger partial charge in [-0.05, 0) is 65.3 Å². The number of piperidine rings is 1. The summed E-state index contributed by atoms with van der Waals surface area (Å²) in [7, 11) is 2.15. The first kappa shape index (κ1) is 14.6. The van der Waals surface area contributed by atoms with Gasteiger partial charge in [-0.15, -0.1) is 0 Å². The molecule has 3 heteroatoms. The van der Waals surface area contributed by atoms with Gasteiger partial charge in [0.2, 0.25) is 0 Å². The number of nitrogens with zero attached hydrogens (tertiary/aromatic N) is 2. The first-order valence-corrected chi connectivity index (χ1v) is 7.58. The van der Waals surface area contributed by atoms with Crippen molar-refractivity contribution < 1.29 is 0 Å². The lowest BCUT2D eigenvalue weighted by atomic mass is 10.0. The minimum atomic E-state index is 0.690. The zero-order valence-corrected chi connectivity index (χ0v) is 13.2. The fourth-order valence-corrected chi connectivity index (χ4v) is 2.99. The van der Waals surface area contributed by atoms with Crippen molar-refractivity contribution in [1.29, 1.82) is 0 Å². The van der Waals surface area contributed by atoms with Crippen molar-refractivity contribution >= 4 is 0 Å². The molecule has 19 heavy (non-hydrogen) atoms. The Bertz CT molecular complexity index is 412. The maximum Gasteiger partial charge on any atom is 0.0225 e. The lowest BCUT2D eigenvalue weighted by Crippen LogP contribution is -2.44. The van der Waals surface area contributed by atoms with E-state index < -0.39 is 0 Å². The Labute approximate surface area is 118 Å². The van der Waals surface area contributed by atoms with Gasteiger partial charge in [-0.1, -0.05) is 0 Å². The minimum Gasteiger partial charge on any atom is -0.352 e. The zero-order valence-electron chi connectivity index (χ0n) is 13.2. The van der Waals surface area contributed by atoms with Crippen molar-refractivity contribution in [2.24, 2.45) is 7.05 Å². The molecule has 1 aromatic heterocycles. The van der Waals surface area contributed by atoms with Gasteiger partial charge in [-0.3, -0.25) is 0 Å². The van der Waals surface area contributed by atoms with Gasteiger partial charge in [-0.2, -0.15) is 0 Å². The highest BCUT2D eigenvalue weighted by Gasteiger charge is 2.20. The Kier molecular flexibility index (Phi) is 4.69. The van der Waals surface area contributed by atoms with Gasteiger partial charge >= 0.3 is 0 Å². The summed E-state index contributed by atoms with van der Waals surface area (Å²) < 4.78 is 2.28. The predicted molar refractivity (Wildman–Crippen MR) is 81.5 cm³/mol. The Balaban J connectivity index is 1.82. The maximum atomic E-state index is 3.74. The van der Waals surface area contributed by atoms with Crippen molar-refractivity contribution in [3.05, 3.63) is 23.0 Å². The minimum absolute atomic E-state index is 0.690. The summed E-state index contributed by atoms with van der Waals surface area (Å²) in [4.78, 5) is 2.58. The van der Waals surface area contributed by atoms with Crippen LogP contribution in [0.2, 0.25) is 0 Å². The lowest BCUT2D eigenvalue weighted by Gasteiger charge is -2.35. The molecule has 0 aliphatic carbocycles. The highest BCUT2D eigenvalue weighted by atomic mass is 15.2. The van der Waals surface area contributed by atoms with Gasteiger partial charge < -0.3 is 14.8 Å². The van der Waals surface area contributed by atoms with E-state index in [4.69, 9.17) is 0 Å². The van der Waals surface area contributed by atoms with Crippen LogP contribution in [-0.2, 0) is 13.6 Å². The number of rotatable bonds is 4. The first-order valence-electron chi connectivity index (χ1n) is 7.58. The molecule has 0 spiro atoms. The van der Waals surface area contributed by atoms with Gasteiger partial charge in [0, 0.05) is 37.1 Å². The number of hydrogen-bond acceptors (Lipinski definition) is 2. The number of likely N-dealkylation sites (tertiary alicyclic amines) is 1. The molecule has 108 valence electrons. The van der Waals surface area contributed by atoms with Gasteiger partial charge in [0.15, 0.2) is 0 Å². The van der Waals surface area contributed by atoms with E-state index in [-0.39, 0.29) is 0 Å². The van der Waals surface area contributed by atoms with E-state index in [1.54, 1.807) is 0 Å². The molecule has 1 aliphatic heterocycles. The highest BCUT2D eigenvalue weighted by molar-refractivity contribution is 5.26. The molecular formula is C16H29N3. The second-order valence-corrected chi connectivity index (χ2v) is 6.24. The molecule has 0 unspecified atom stereocenters. The summed E-state index contributed by atoms with van der Waals surface area (Å²) in [5.74, 6) is 0. The van der Waals surface area contributed by atoms with Crippen LogP contribution in [-0.4, -0.2) is 34.6 Å². The van der Waals surface area contributed by atoms with Gasteiger partial charge in [0.1, 0.15) is 0 Å². The van der Waals surface area contributed by atoms with E-state index in [2.05, 4.69) is 55.6 Å². The smallest absolute Gasteiger partial charge is 0.0225 e. The third-order valence-corrected chi connectivity index (χ3v) is 4.72. The number of aryl methyl sites for hydroxylation is 1. The van der Waals surface area contributed by atoms with Crippen molar-refractivity contribution in [3.63, 3.8) is 0 Å². The van der Waals surface area contributed by atoms with E-state index in [0.717, 1.165) is 6.54 Å². The van der Waals surface area contributed by atoms with E-state index in [9.17, 15) is 0 Å². The van der Waals surface area contributed by atoms with Gasteiger partial charge in [-0.25, -0.2) is 0 Å². The Morgan fingerprint density at radius 2 is 1.89 bits per heavy atom. The molecule has 3 nitrogen and oxygen atoms in total. The van der Waals surface area contributed by atoms with E-state index in [0.29, 0.717) is 12.1 Å². The third kappa shape index (κ3) is 3.40. The van der Waals surface area contributed by atoms with Crippen molar-refractivity contribution in [3.8, 4) is 0 Å². The van der Waals surface area contributed by atoms with Crippen LogP contribution < -0.4 is 5.32 Å². The van der Waals surface area contributed by atoms with Crippen molar-refractivity contribution in [2.75, 3.05) is 13.1 Å². The molecule has 2 rings (SSSR count). The molecule has 1 N–H and O–H groups in total. The monoisotopic (exact) mass is 263 g/mol. The SMILES string of the molecule is Cc1cc(CNC2CCN(C(C)C)CC2)c(C)n1C. The second-order valence-electron chi connectivity index (χ2n) is 6.24.